The molecule has 5 heteroatoms. The van der Waals surface area contributed by atoms with Crippen LogP contribution in [0.2, 0.25) is 0 Å². The first-order valence-electron chi connectivity index (χ1n) is 8.08. The molecule has 0 fully saturated rings. The number of nitrogens with two attached hydrogens (primary N) is 1. The summed E-state index contributed by atoms with van der Waals surface area (Å²) in [6.45, 7) is 2.43. The Morgan fingerprint density at radius 2 is 1.83 bits per heavy atom. The lowest BCUT2D eigenvalue weighted by atomic mass is 10.1. The van der Waals surface area contributed by atoms with Crippen molar-refractivity contribution in [2.75, 3.05) is 5.32 Å². The molecule has 2 rings (SSSR count). The normalized spacial score (nSPS) is 11.6. The SMILES string of the molecule is CCCC(N)C(=O)Nc1cccc(C(=O)NCc2ccccc2)c1. The van der Waals surface area contributed by atoms with Crippen molar-refractivity contribution in [3.8, 4) is 0 Å². The Labute approximate surface area is 142 Å². The van der Waals surface area contributed by atoms with Gasteiger partial charge in [0.1, 0.15) is 0 Å². The maximum absolute atomic E-state index is 12.2. The van der Waals surface area contributed by atoms with Gasteiger partial charge in [-0.1, -0.05) is 49.7 Å². The fourth-order valence-electron chi connectivity index (χ4n) is 2.30. The standard InChI is InChI=1S/C19H23N3O2/c1-2-7-17(20)19(24)22-16-11-6-10-15(12-16)18(23)21-13-14-8-4-3-5-9-14/h3-6,8-12,17H,2,7,13,20H2,1H3,(H,21,23)(H,22,24). The molecule has 2 aromatic carbocycles. The van der Waals surface area contributed by atoms with Crippen molar-refractivity contribution in [3.63, 3.8) is 0 Å². The second-order valence-electron chi connectivity index (χ2n) is 5.63. The largest absolute Gasteiger partial charge is 0.348 e. The monoisotopic (exact) mass is 325 g/mol. The summed E-state index contributed by atoms with van der Waals surface area (Å²) in [5, 5.41) is 5.61. The molecule has 0 saturated heterocycles. The fourth-order valence-corrected chi connectivity index (χ4v) is 2.30. The van der Waals surface area contributed by atoms with Crippen LogP contribution in [0.25, 0.3) is 0 Å². The summed E-state index contributed by atoms with van der Waals surface area (Å²) < 4.78 is 0. The van der Waals surface area contributed by atoms with Crippen molar-refractivity contribution < 1.29 is 9.59 Å². The Hall–Kier alpha value is -2.66. The molecule has 0 radical (unpaired) electrons. The molecular weight excluding hydrogens is 302 g/mol. The molecule has 0 bridgehead atoms. The Balaban J connectivity index is 1.96. The van der Waals surface area contributed by atoms with E-state index in [1.165, 1.54) is 0 Å². The van der Waals surface area contributed by atoms with Gasteiger partial charge in [0.05, 0.1) is 6.04 Å². The number of rotatable bonds is 7. The first kappa shape index (κ1) is 17.7. The van der Waals surface area contributed by atoms with Crippen LogP contribution in [0.4, 0.5) is 5.69 Å². The van der Waals surface area contributed by atoms with E-state index in [0.717, 1.165) is 12.0 Å². The number of nitrogens with one attached hydrogen (secondary N) is 2. The van der Waals surface area contributed by atoms with Crippen molar-refractivity contribution >= 4 is 17.5 Å². The third kappa shape index (κ3) is 5.21. The molecule has 1 unspecified atom stereocenters. The van der Waals surface area contributed by atoms with E-state index in [1.807, 2.05) is 37.3 Å². The van der Waals surface area contributed by atoms with Crippen LogP contribution in [0, 0.1) is 0 Å². The number of anilines is 1. The zero-order chi connectivity index (χ0) is 17.4. The molecule has 2 aromatic rings. The summed E-state index contributed by atoms with van der Waals surface area (Å²) in [7, 11) is 0. The second kappa shape index (κ2) is 8.84. The van der Waals surface area contributed by atoms with Crippen molar-refractivity contribution in [1.29, 1.82) is 0 Å². The average molecular weight is 325 g/mol. The van der Waals surface area contributed by atoms with Crippen molar-refractivity contribution in [3.05, 3.63) is 65.7 Å². The summed E-state index contributed by atoms with van der Waals surface area (Å²) in [6.07, 6.45) is 1.47. The molecule has 0 heterocycles. The predicted molar refractivity (Wildman–Crippen MR) is 95.6 cm³/mol. The molecule has 5 nitrogen and oxygen atoms in total. The van der Waals surface area contributed by atoms with Crippen LogP contribution >= 0.6 is 0 Å². The van der Waals surface area contributed by atoms with E-state index >= 15 is 0 Å². The lowest BCUT2D eigenvalue weighted by Gasteiger charge is -2.12. The Bertz CT molecular complexity index is 686. The number of amides is 2. The van der Waals surface area contributed by atoms with Gasteiger partial charge in [-0.25, -0.2) is 0 Å². The van der Waals surface area contributed by atoms with Crippen LogP contribution in [0.15, 0.2) is 54.6 Å². The molecule has 24 heavy (non-hydrogen) atoms. The van der Waals surface area contributed by atoms with E-state index in [1.54, 1.807) is 24.3 Å². The number of carbonyl (C=O) groups excluding carboxylic acids is 2. The molecule has 1 atom stereocenters. The highest BCUT2D eigenvalue weighted by Gasteiger charge is 2.13. The van der Waals surface area contributed by atoms with E-state index in [4.69, 9.17) is 5.73 Å². The molecule has 126 valence electrons. The maximum Gasteiger partial charge on any atom is 0.251 e. The molecule has 0 aliphatic carbocycles. The Kier molecular flexibility index (Phi) is 6.51. The van der Waals surface area contributed by atoms with Crippen LogP contribution in [0.1, 0.15) is 35.7 Å². The van der Waals surface area contributed by atoms with Gasteiger partial charge < -0.3 is 16.4 Å². The van der Waals surface area contributed by atoms with E-state index in [0.29, 0.717) is 24.2 Å². The van der Waals surface area contributed by atoms with Gasteiger partial charge in [-0.05, 0) is 30.2 Å². The van der Waals surface area contributed by atoms with Crippen molar-refractivity contribution in [2.45, 2.75) is 32.4 Å². The van der Waals surface area contributed by atoms with Gasteiger partial charge >= 0.3 is 0 Å². The lowest BCUT2D eigenvalue weighted by molar-refractivity contribution is -0.117. The van der Waals surface area contributed by atoms with Gasteiger partial charge in [0.2, 0.25) is 5.91 Å². The Morgan fingerprint density at radius 1 is 1.08 bits per heavy atom. The highest BCUT2D eigenvalue weighted by atomic mass is 16.2. The highest BCUT2D eigenvalue weighted by molar-refractivity contribution is 5.98. The number of hydrogen-bond donors (Lipinski definition) is 3. The molecule has 0 aromatic heterocycles. The fraction of sp³-hybridized carbons (Fsp3) is 0.263. The van der Waals surface area contributed by atoms with Gasteiger partial charge in [-0.15, -0.1) is 0 Å². The Morgan fingerprint density at radius 3 is 2.54 bits per heavy atom. The van der Waals surface area contributed by atoms with E-state index in [9.17, 15) is 9.59 Å². The van der Waals surface area contributed by atoms with Gasteiger partial charge in [0.25, 0.3) is 5.91 Å². The molecule has 2 amide bonds. The van der Waals surface area contributed by atoms with Gasteiger partial charge in [-0.2, -0.15) is 0 Å². The second-order valence-corrected chi connectivity index (χ2v) is 5.63. The predicted octanol–water partition coefficient (Wildman–Crippen LogP) is 2.68. The zero-order valence-electron chi connectivity index (χ0n) is 13.8. The van der Waals surface area contributed by atoms with E-state index in [2.05, 4.69) is 10.6 Å². The van der Waals surface area contributed by atoms with Gasteiger partial charge in [0.15, 0.2) is 0 Å². The highest BCUT2D eigenvalue weighted by Crippen LogP contribution is 2.12. The van der Waals surface area contributed by atoms with Crippen molar-refractivity contribution in [1.82, 2.24) is 5.32 Å². The summed E-state index contributed by atoms with van der Waals surface area (Å²) >= 11 is 0. The topological polar surface area (TPSA) is 84.2 Å². The van der Waals surface area contributed by atoms with Gasteiger partial charge in [0, 0.05) is 17.8 Å². The zero-order valence-corrected chi connectivity index (χ0v) is 13.8. The summed E-state index contributed by atoms with van der Waals surface area (Å²) in [4.78, 5) is 24.2. The minimum absolute atomic E-state index is 0.187. The van der Waals surface area contributed by atoms with Crippen LogP contribution in [0.3, 0.4) is 0 Å². The van der Waals surface area contributed by atoms with Crippen LogP contribution in [-0.2, 0) is 11.3 Å². The minimum Gasteiger partial charge on any atom is -0.348 e. The van der Waals surface area contributed by atoms with Crippen LogP contribution < -0.4 is 16.4 Å². The molecule has 0 aliphatic heterocycles. The molecule has 4 N–H and O–H groups in total. The summed E-state index contributed by atoms with van der Waals surface area (Å²) in [5.74, 6) is -0.425. The number of benzene rings is 2. The van der Waals surface area contributed by atoms with E-state index in [-0.39, 0.29) is 11.8 Å². The summed E-state index contributed by atoms with van der Waals surface area (Å²) in [6, 6.07) is 16.0. The third-order valence-corrected chi connectivity index (χ3v) is 3.62. The maximum atomic E-state index is 12.2. The number of hydrogen-bond acceptors (Lipinski definition) is 3. The van der Waals surface area contributed by atoms with Crippen molar-refractivity contribution in [2.24, 2.45) is 5.73 Å². The average Bonchev–Trinajstić information content (AvgIpc) is 2.61. The molecule has 0 spiro atoms. The van der Waals surface area contributed by atoms with Gasteiger partial charge in [-0.3, -0.25) is 9.59 Å². The lowest BCUT2D eigenvalue weighted by Crippen LogP contribution is -2.35. The van der Waals surface area contributed by atoms with Crippen LogP contribution in [-0.4, -0.2) is 17.9 Å². The quantitative estimate of drug-likeness (QED) is 0.732. The number of carbonyl (C=O) groups is 2. The first-order valence-corrected chi connectivity index (χ1v) is 8.08. The summed E-state index contributed by atoms with van der Waals surface area (Å²) in [5.41, 5.74) is 7.88. The molecular formula is C19H23N3O2. The van der Waals surface area contributed by atoms with Crippen LogP contribution in [0.5, 0.6) is 0 Å². The molecule has 0 saturated carbocycles. The first-order chi connectivity index (χ1) is 11.6. The third-order valence-electron chi connectivity index (χ3n) is 3.62. The van der Waals surface area contributed by atoms with E-state index < -0.39 is 6.04 Å². The smallest absolute Gasteiger partial charge is 0.251 e. The molecule has 0 aliphatic rings. The minimum atomic E-state index is -0.537.